The van der Waals surface area contributed by atoms with Crippen molar-refractivity contribution in [1.82, 2.24) is 14.6 Å². The number of hydrogen-bond donors (Lipinski definition) is 3. The number of ether oxygens (including phenoxy) is 2. The normalized spacial score (nSPS) is 21.2. The Morgan fingerprint density at radius 3 is 2.58 bits per heavy atom. The molecule has 0 aliphatic carbocycles. The lowest BCUT2D eigenvalue weighted by molar-refractivity contribution is -0.146. The summed E-state index contributed by atoms with van der Waals surface area (Å²) < 4.78 is 66.8. The second kappa shape index (κ2) is 13.5. The Labute approximate surface area is 268 Å². The molecule has 5 atom stereocenters. The molecule has 0 spiro atoms. The number of hydrogen-bond acceptors (Lipinski definition) is 9. The van der Waals surface area contributed by atoms with Crippen LogP contribution < -0.4 is 20.9 Å². The van der Waals surface area contributed by atoms with Crippen LogP contribution in [-0.2, 0) is 30.0 Å². The summed E-state index contributed by atoms with van der Waals surface area (Å²) in [5, 5.41) is 14.2. The molecule has 1 fully saturated rings. The number of halogens is 3. The van der Waals surface area contributed by atoms with Crippen LogP contribution in [0.25, 0.3) is 10.8 Å². The largest absolute Gasteiger partial charge is 0.460 e. The summed E-state index contributed by atoms with van der Waals surface area (Å²) in [5.74, 6) is -4.74. The molecule has 0 saturated carbocycles. The number of H-pyrrole nitrogens is 1. The maximum Gasteiger partial charge on any atom is 0.459 e. The first-order valence-corrected chi connectivity index (χ1v) is 16.1. The second-order valence-corrected chi connectivity index (χ2v) is 13.0. The van der Waals surface area contributed by atoms with E-state index in [4.69, 9.17) is 18.5 Å². The number of aliphatic hydroxyl groups is 1. The Hall–Kier alpha value is -3.47. The highest BCUT2D eigenvalue weighted by atomic mass is 127. The Kier molecular flexibility index (Phi) is 9.86. The van der Waals surface area contributed by atoms with E-state index in [2.05, 4.69) is 5.09 Å². The van der Waals surface area contributed by atoms with Crippen LogP contribution >= 0.6 is 30.3 Å². The molecule has 0 bridgehead atoms. The van der Waals surface area contributed by atoms with E-state index in [9.17, 15) is 24.1 Å². The molecule has 1 aliphatic heterocycles. The molecule has 3 aromatic carbocycles. The van der Waals surface area contributed by atoms with Crippen molar-refractivity contribution in [3.05, 3.63) is 109 Å². The van der Waals surface area contributed by atoms with Gasteiger partial charge in [0.05, 0.1) is 10.2 Å². The zero-order valence-electron chi connectivity index (χ0n) is 23.5. The van der Waals surface area contributed by atoms with E-state index in [-0.39, 0.29) is 15.9 Å². The first-order valence-electron chi connectivity index (χ1n) is 13.5. The Morgan fingerprint density at radius 1 is 1.13 bits per heavy atom. The number of nitrogens with one attached hydrogen (secondary N) is 2. The van der Waals surface area contributed by atoms with Gasteiger partial charge >= 0.3 is 25.3 Å². The maximum absolute atomic E-state index is 15.2. The van der Waals surface area contributed by atoms with Gasteiger partial charge in [0.2, 0.25) is 6.23 Å². The molecule has 4 aromatic rings. The van der Waals surface area contributed by atoms with Gasteiger partial charge in [-0.1, -0.05) is 66.7 Å². The highest BCUT2D eigenvalue weighted by Crippen LogP contribution is 2.49. The SMILES string of the molecule is C[C@H](NP(=O)(OC[C@H]1O[C@@H](n2cc(I)c(=O)[nH]c2=O)C(F)(F)[C@@H]1O)Oc1cccc2ccccc12)C(=O)OCc1ccccc1. The summed E-state index contributed by atoms with van der Waals surface area (Å²) in [6.45, 7) is 0.372. The number of carbonyl (C=O) groups is 1. The topological polar surface area (TPSA) is 158 Å². The van der Waals surface area contributed by atoms with Crippen molar-refractivity contribution in [1.29, 1.82) is 0 Å². The Bertz CT molecular complexity index is 1850. The van der Waals surface area contributed by atoms with Gasteiger partial charge in [-0.05, 0) is 46.5 Å². The lowest BCUT2D eigenvalue weighted by Crippen LogP contribution is -2.43. The van der Waals surface area contributed by atoms with Crippen molar-refractivity contribution in [3.63, 3.8) is 0 Å². The van der Waals surface area contributed by atoms with Gasteiger partial charge in [0.1, 0.15) is 24.5 Å². The van der Waals surface area contributed by atoms with Crippen LogP contribution in [0, 0.1) is 3.57 Å². The first kappa shape index (κ1) is 32.9. The number of benzene rings is 3. The molecule has 45 heavy (non-hydrogen) atoms. The van der Waals surface area contributed by atoms with E-state index in [1.807, 2.05) is 4.98 Å². The van der Waals surface area contributed by atoms with Crippen molar-refractivity contribution < 1.29 is 41.8 Å². The fourth-order valence-corrected chi connectivity index (χ4v) is 6.51. The molecule has 2 heterocycles. The zero-order chi connectivity index (χ0) is 32.4. The highest BCUT2D eigenvalue weighted by molar-refractivity contribution is 14.1. The molecule has 0 amide bonds. The number of aromatic nitrogens is 2. The van der Waals surface area contributed by atoms with Gasteiger partial charge in [-0.15, -0.1) is 0 Å². The number of rotatable bonds is 11. The van der Waals surface area contributed by atoms with E-state index in [1.165, 1.54) is 13.0 Å². The van der Waals surface area contributed by atoms with E-state index in [1.54, 1.807) is 89.3 Å². The van der Waals surface area contributed by atoms with Crippen LogP contribution in [0.5, 0.6) is 5.75 Å². The average Bonchev–Trinajstić information content (AvgIpc) is 3.24. The smallest absolute Gasteiger partial charge is 0.459 e. The van der Waals surface area contributed by atoms with E-state index >= 15 is 8.78 Å². The monoisotopic (exact) mass is 757 g/mol. The number of nitrogens with zero attached hydrogens (tertiary/aromatic N) is 1. The van der Waals surface area contributed by atoms with Crippen LogP contribution in [0.15, 0.2) is 88.6 Å². The van der Waals surface area contributed by atoms with Crippen molar-refractivity contribution >= 4 is 47.1 Å². The molecule has 1 unspecified atom stereocenters. The lowest BCUT2D eigenvalue weighted by atomic mass is 10.1. The standard InChI is InChI=1S/C29H27F2IN3O9P/c1-17(26(38)41-15-18-8-3-2-4-9-18)34-45(40,44-22-13-7-11-19-10-5-6-12-20(19)22)42-16-23-24(36)29(30,31)27(43-23)35-14-21(32)25(37)33-28(35)39/h2-14,17,23-24,27,36H,15-16H2,1H3,(H,34,40)(H,33,37,39)/t17-,23+,24+,27+,45?/m0/s1. The van der Waals surface area contributed by atoms with Crippen LogP contribution in [-0.4, -0.2) is 51.4 Å². The predicted octanol–water partition coefficient (Wildman–Crippen LogP) is 4.11. The number of carbonyl (C=O) groups excluding carboxylic acids is 1. The van der Waals surface area contributed by atoms with Gasteiger partial charge in [0, 0.05) is 11.6 Å². The number of aromatic amines is 1. The van der Waals surface area contributed by atoms with Crippen molar-refractivity contribution in [2.45, 2.75) is 43.9 Å². The van der Waals surface area contributed by atoms with Gasteiger partial charge in [0.15, 0.2) is 6.10 Å². The predicted molar refractivity (Wildman–Crippen MR) is 166 cm³/mol. The summed E-state index contributed by atoms with van der Waals surface area (Å²) >= 11 is 1.55. The maximum atomic E-state index is 15.2. The van der Waals surface area contributed by atoms with Crippen molar-refractivity contribution in [2.75, 3.05) is 6.61 Å². The third kappa shape index (κ3) is 7.34. The molecule has 3 N–H and O–H groups in total. The molecule has 238 valence electrons. The second-order valence-electron chi connectivity index (χ2n) is 10.1. The third-order valence-electron chi connectivity index (χ3n) is 6.86. The third-order valence-corrected chi connectivity index (χ3v) is 9.26. The van der Waals surface area contributed by atoms with Crippen molar-refractivity contribution in [2.24, 2.45) is 0 Å². The number of esters is 1. The van der Waals surface area contributed by atoms with Crippen LogP contribution in [0.2, 0.25) is 0 Å². The molecule has 1 saturated heterocycles. The number of alkyl halides is 2. The van der Waals surface area contributed by atoms with Crippen LogP contribution in [0.1, 0.15) is 18.7 Å². The first-order chi connectivity index (χ1) is 21.4. The summed E-state index contributed by atoms with van der Waals surface area (Å²) in [7, 11) is -4.59. The van der Waals surface area contributed by atoms with Gasteiger partial charge in [-0.25, -0.2) is 9.36 Å². The van der Waals surface area contributed by atoms with Crippen LogP contribution in [0.4, 0.5) is 8.78 Å². The molecule has 16 heteroatoms. The minimum absolute atomic E-state index is 0.0668. The minimum atomic E-state index is -4.59. The van der Waals surface area contributed by atoms with Gasteiger partial charge in [-0.3, -0.25) is 23.7 Å². The molecular formula is C29H27F2IN3O9P. The van der Waals surface area contributed by atoms with Gasteiger partial charge in [0.25, 0.3) is 5.56 Å². The Balaban J connectivity index is 1.37. The zero-order valence-corrected chi connectivity index (χ0v) is 26.5. The van der Waals surface area contributed by atoms with Crippen molar-refractivity contribution in [3.8, 4) is 5.75 Å². The molecule has 12 nitrogen and oxygen atoms in total. The molecule has 0 radical (unpaired) electrons. The molecule has 5 rings (SSSR count). The fraction of sp³-hybridized carbons (Fsp3) is 0.276. The quantitative estimate of drug-likeness (QED) is 0.116. The van der Waals surface area contributed by atoms with Gasteiger partial charge in [-0.2, -0.15) is 13.9 Å². The van der Waals surface area contributed by atoms with E-state index < -0.39 is 62.0 Å². The summed E-state index contributed by atoms with van der Waals surface area (Å²) in [4.78, 5) is 38.7. The number of fused-ring (bicyclic) bond motifs is 1. The summed E-state index contributed by atoms with van der Waals surface area (Å²) in [6.07, 6.45) is -5.78. The van der Waals surface area contributed by atoms with E-state index in [0.29, 0.717) is 15.5 Å². The van der Waals surface area contributed by atoms with Crippen LogP contribution in [0.3, 0.4) is 0 Å². The average molecular weight is 757 g/mol. The molecular weight excluding hydrogens is 730 g/mol. The summed E-state index contributed by atoms with van der Waals surface area (Å²) in [6, 6.07) is 19.5. The Morgan fingerprint density at radius 2 is 1.82 bits per heavy atom. The highest BCUT2D eigenvalue weighted by Gasteiger charge is 2.60. The van der Waals surface area contributed by atoms with Gasteiger partial charge < -0.3 is 19.1 Å². The lowest BCUT2D eigenvalue weighted by Gasteiger charge is -2.25. The van der Waals surface area contributed by atoms with E-state index in [0.717, 1.165) is 11.6 Å². The molecule has 1 aliphatic rings. The number of aliphatic hydroxyl groups excluding tert-OH is 1. The molecule has 1 aromatic heterocycles. The fourth-order valence-electron chi connectivity index (χ4n) is 4.55. The summed E-state index contributed by atoms with van der Waals surface area (Å²) in [5.41, 5.74) is -1.26. The minimum Gasteiger partial charge on any atom is -0.460 e.